The Hall–Kier alpha value is -2.99. The summed E-state index contributed by atoms with van der Waals surface area (Å²) in [4.78, 5) is 29.2. The third kappa shape index (κ3) is 3.36. The minimum Gasteiger partial charge on any atom is -0.480 e. The third-order valence-corrected chi connectivity index (χ3v) is 5.16. The fourth-order valence-corrected chi connectivity index (χ4v) is 3.65. The van der Waals surface area contributed by atoms with Gasteiger partial charge in [-0.25, -0.2) is 9.59 Å². The maximum absolute atomic E-state index is 12.7. The molecule has 1 unspecified atom stereocenters. The van der Waals surface area contributed by atoms with Crippen molar-refractivity contribution in [3.05, 3.63) is 70.4 Å². The molecule has 1 aliphatic heterocycles. The molecule has 2 aromatic carbocycles. The standard InChI is InChI=1S/C20H18ClN3O3/c21-13-7-5-12(6-8-13)10-22-20(27)24-11-17-15(9-18(24)19(25)26)14-3-1-2-4-16(14)23-17/h1-8,18,23H,9-11H2,(H,22,27)(H,25,26). The molecule has 0 fully saturated rings. The number of carboxylic acid groups (broad SMARTS) is 1. The number of halogens is 1. The van der Waals surface area contributed by atoms with Gasteiger partial charge >= 0.3 is 12.0 Å². The predicted octanol–water partition coefficient (Wildman–Crippen LogP) is 3.54. The summed E-state index contributed by atoms with van der Waals surface area (Å²) in [6, 6.07) is 13.6. The second-order valence-electron chi connectivity index (χ2n) is 6.60. The Morgan fingerprint density at radius 3 is 2.67 bits per heavy atom. The number of nitrogens with zero attached hydrogens (tertiary/aromatic N) is 1. The topological polar surface area (TPSA) is 85.4 Å². The van der Waals surface area contributed by atoms with Gasteiger partial charge in [0.15, 0.2) is 0 Å². The van der Waals surface area contributed by atoms with E-state index in [1.165, 1.54) is 4.90 Å². The maximum Gasteiger partial charge on any atom is 0.326 e. The van der Waals surface area contributed by atoms with Gasteiger partial charge in [0.05, 0.1) is 6.54 Å². The van der Waals surface area contributed by atoms with Crippen molar-refractivity contribution in [2.45, 2.75) is 25.6 Å². The van der Waals surface area contributed by atoms with Gasteiger partial charge in [0.2, 0.25) is 0 Å². The zero-order valence-corrected chi connectivity index (χ0v) is 15.2. The first-order chi connectivity index (χ1) is 13.0. The number of H-pyrrole nitrogens is 1. The van der Waals surface area contributed by atoms with Gasteiger partial charge in [-0.2, -0.15) is 0 Å². The van der Waals surface area contributed by atoms with E-state index < -0.39 is 18.0 Å². The van der Waals surface area contributed by atoms with Crippen LogP contribution in [-0.2, 0) is 24.3 Å². The number of carbonyl (C=O) groups excluding carboxylic acids is 1. The van der Waals surface area contributed by atoms with Gasteiger partial charge < -0.3 is 20.3 Å². The van der Waals surface area contributed by atoms with Crippen LogP contribution >= 0.6 is 11.6 Å². The Balaban J connectivity index is 1.56. The summed E-state index contributed by atoms with van der Waals surface area (Å²) < 4.78 is 0. The molecule has 2 amide bonds. The molecule has 0 radical (unpaired) electrons. The van der Waals surface area contributed by atoms with Crippen LogP contribution in [0.5, 0.6) is 0 Å². The molecule has 1 aliphatic rings. The van der Waals surface area contributed by atoms with Crippen LogP contribution < -0.4 is 5.32 Å². The fraction of sp³-hybridized carbons (Fsp3) is 0.200. The Morgan fingerprint density at radius 1 is 1.19 bits per heavy atom. The Kier molecular flexibility index (Phi) is 4.49. The molecule has 3 N–H and O–H groups in total. The molecule has 27 heavy (non-hydrogen) atoms. The van der Waals surface area contributed by atoms with E-state index in [0.29, 0.717) is 11.6 Å². The Labute approximate surface area is 160 Å². The molecule has 7 heteroatoms. The average molecular weight is 384 g/mol. The number of benzene rings is 2. The number of rotatable bonds is 3. The van der Waals surface area contributed by atoms with Gasteiger partial charge in [-0.1, -0.05) is 41.9 Å². The molecule has 138 valence electrons. The minimum absolute atomic E-state index is 0.230. The largest absolute Gasteiger partial charge is 0.480 e. The van der Waals surface area contributed by atoms with Crippen LogP contribution in [0.1, 0.15) is 16.8 Å². The zero-order chi connectivity index (χ0) is 19.0. The van der Waals surface area contributed by atoms with Crippen LogP contribution in [0.25, 0.3) is 10.9 Å². The van der Waals surface area contributed by atoms with Gasteiger partial charge in [0, 0.05) is 34.6 Å². The van der Waals surface area contributed by atoms with E-state index >= 15 is 0 Å². The lowest BCUT2D eigenvalue weighted by Gasteiger charge is -2.33. The maximum atomic E-state index is 12.7. The van der Waals surface area contributed by atoms with Crippen LogP contribution in [0.3, 0.4) is 0 Å². The van der Waals surface area contributed by atoms with E-state index in [4.69, 9.17) is 11.6 Å². The lowest BCUT2D eigenvalue weighted by molar-refractivity contribution is -0.142. The van der Waals surface area contributed by atoms with Crippen molar-refractivity contribution in [2.24, 2.45) is 0 Å². The molecule has 4 rings (SSSR count). The molecular formula is C20H18ClN3O3. The number of nitrogens with one attached hydrogen (secondary N) is 2. The molecule has 0 spiro atoms. The van der Waals surface area contributed by atoms with E-state index in [2.05, 4.69) is 10.3 Å². The molecule has 0 saturated heterocycles. The first kappa shape index (κ1) is 17.4. The second-order valence-corrected chi connectivity index (χ2v) is 7.04. The zero-order valence-electron chi connectivity index (χ0n) is 14.4. The number of aliphatic carboxylic acids is 1. The number of aromatic amines is 1. The smallest absolute Gasteiger partial charge is 0.326 e. The van der Waals surface area contributed by atoms with E-state index in [1.807, 2.05) is 36.4 Å². The van der Waals surface area contributed by atoms with E-state index in [9.17, 15) is 14.7 Å². The summed E-state index contributed by atoms with van der Waals surface area (Å²) in [5.74, 6) is -1.01. The molecular weight excluding hydrogens is 366 g/mol. The molecule has 1 aromatic heterocycles. The van der Waals surface area contributed by atoms with Gasteiger partial charge in [-0.15, -0.1) is 0 Å². The van der Waals surface area contributed by atoms with Crippen LogP contribution in [0.2, 0.25) is 5.02 Å². The summed E-state index contributed by atoms with van der Waals surface area (Å²) in [5.41, 5.74) is 3.70. The lowest BCUT2D eigenvalue weighted by Crippen LogP contribution is -2.52. The second kappa shape index (κ2) is 6.96. The Morgan fingerprint density at radius 2 is 1.93 bits per heavy atom. The van der Waals surface area contributed by atoms with Crippen molar-refractivity contribution in [3.63, 3.8) is 0 Å². The van der Waals surface area contributed by atoms with Crippen molar-refractivity contribution in [3.8, 4) is 0 Å². The average Bonchev–Trinajstić information content (AvgIpc) is 3.04. The molecule has 2 heterocycles. The van der Waals surface area contributed by atoms with E-state index in [1.54, 1.807) is 12.1 Å². The lowest BCUT2D eigenvalue weighted by atomic mass is 9.97. The highest BCUT2D eigenvalue weighted by molar-refractivity contribution is 6.30. The molecule has 0 aliphatic carbocycles. The summed E-state index contributed by atoms with van der Waals surface area (Å²) in [5, 5.41) is 14.1. The number of urea groups is 1. The molecule has 0 saturated carbocycles. The van der Waals surface area contributed by atoms with Crippen LogP contribution in [0.15, 0.2) is 48.5 Å². The first-order valence-corrected chi connectivity index (χ1v) is 9.01. The first-order valence-electron chi connectivity index (χ1n) is 8.63. The van der Waals surface area contributed by atoms with Crippen molar-refractivity contribution >= 4 is 34.5 Å². The normalized spacial score (nSPS) is 16.2. The summed E-state index contributed by atoms with van der Waals surface area (Å²) in [7, 11) is 0. The number of hydrogen-bond donors (Lipinski definition) is 3. The molecule has 1 atom stereocenters. The number of amides is 2. The van der Waals surface area contributed by atoms with Crippen molar-refractivity contribution in [2.75, 3.05) is 0 Å². The highest BCUT2D eigenvalue weighted by Gasteiger charge is 2.36. The van der Waals surface area contributed by atoms with Gasteiger partial charge in [-0.05, 0) is 29.3 Å². The van der Waals surface area contributed by atoms with E-state index in [-0.39, 0.29) is 13.0 Å². The number of aromatic nitrogens is 1. The minimum atomic E-state index is -1.01. The van der Waals surface area contributed by atoms with Crippen LogP contribution in [0.4, 0.5) is 4.79 Å². The molecule has 6 nitrogen and oxygen atoms in total. The van der Waals surface area contributed by atoms with Gasteiger partial charge in [-0.3, -0.25) is 0 Å². The van der Waals surface area contributed by atoms with E-state index in [0.717, 1.165) is 27.7 Å². The molecule has 3 aromatic rings. The summed E-state index contributed by atoms with van der Waals surface area (Å²) in [6.45, 7) is 0.534. The third-order valence-electron chi connectivity index (χ3n) is 4.91. The van der Waals surface area contributed by atoms with Crippen molar-refractivity contribution in [1.82, 2.24) is 15.2 Å². The molecule has 0 bridgehead atoms. The Bertz CT molecular complexity index is 1010. The van der Waals surface area contributed by atoms with Crippen molar-refractivity contribution in [1.29, 1.82) is 0 Å². The highest BCUT2D eigenvalue weighted by atomic mass is 35.5. The quantitative estimate of drug-likeness (QED) is 0.646. The number of fused-ring (bicyclic) bond motifs is 3. The van der Waals surface area contributed by atoms with Gasteiger partial charge in [0.25, 0.3) is 0 Å². The van der Waals surface area contributed by atoms with Crippen LogP contribution in [0, 0.1) is 0 Å². The fourth-order valence-electron chi connectivity index (χ4n) is 3.52. The highest BCUT2D eigenvalue weighted by Crippen LogP contribution is 2.30. The monoisotopic (exact) mass is 383 g/mol. The summed E-state index contributed by atoms with van der Waals surface area (Å²) >= 11 is 5.87. The predicted molar refractivity (Wildman–Crippen MR) is 103 cm³/mol. The number of carboxylic acids is 1. The van der Waals surface area contributed by atoms with Crippen molar-refractivity contribution < 1.29 is 14.7 Å². The number of para-hydroxylation sites is 1. The van der Waals surface area contributed by atoms with Gasteiger partial charge in [0.1, 0.15) is 6.04 Å². The SMILES string of the molecule is O=C(O)C1Cc2c([nH]c3ccccc23)CN1C(=O)NCc1ccc(Cl)cc1. The van der Waals surface area contributed by atoms with Crippen LogP contribution in [-0.4, -0.2) is 33.0 Å². The summed E-state index contributed by atoms with van der Waals surface area (Å²) in [6.07, 6.45) is 0.281. The number of hydrogen-bond acceptors (Lipinski definition) is 2. The number of carbonyl (C=O) groups is 2.